The molecule has 8 heteroatoms. The molecule has 1 aliphatic carbocycles. The maximum Gasteiger partial charge on any atom is 0.307 e. The average Bonchev–Trinajstić information content (AvgIpc) is 3.51. The van der Waals surface area contributed by atoms with Crippen molar-refractivity contribution in [3.05, 3.63) is 34.6 Å². The van der Waals surface area contributed by atoms with Crippen molar-refractivity contribution in [1.29, 1.82) is 0 Å². The molecule has 1 heterocycles. The molecule has 1 fully saturated rings. The van der Waals surface area contributed by atoms with E-state index >= 15 is 0 Å². The first-order chi connectivity index (χ1) is 13.0. The highest BCUT2D eigenvalue weighted by molar-refractivity contribution is 7.99. The maximum atomic E-state index is 12.8. The summed E-state index contributed by atoms with van der Waals surface area (Å²) in [5, 5.41) is 3.91. The molecule has 0 spiro atoms. The lowest BCUT2D eigenvalue weighted by atomic mass is 10.2. The number of amides is 1. The van der Waals surface area contributed by atoms with E-state index in [-0.39, 0.29) is 36.2 Å². The zero-order valence-electron chi connectivity index (χ0n) is 15.4. The molecule has 1 saturated carbocycles. The van der Waals surface area contributed by atoms with Crippen LogP contribution in [-0.2, 0) is 20.9 Å². The number of esters is 1. The van der Waals surface area contributed by atoms with Crippen LogP contribution in [0, 0.1) is 5.92 Å². The number of hydrogen-bond acceptors (Lipinski definition) is 6. The number of hydrogen-bond donors (Lipinski definition) is 1. The van der Waals surface area contributed by atoms with E-state index in [0.717, 1.165) is 12.8 Å². The lowest BCUT2D eigenvalue weighted by Crippen LogP contribution is -2.35. The molecular weight excluding hydrogens is 366 g/mol. The molecule has 0 unspecified atom stereocenters. The van der Waals surface area contributed by atoms with Crippen molar-refractivity contribution in [2.45, 2.75) is 43.9 Å². The normalized spacial score (nSPS) is 14.7. The van der Waals surface area contributed by atoms with Gasteiger partial charge < -0.3 is 10.1 Å². The molecule has 144 valence electrons. The van der Waals surface area contributed by atoms with Gasteiger partial charge in [0.25, 0.3) is 5.56 Å². The topological polar surface area (TPSA) is 90.3 Å². The van der Waals surface area contributed by atoms with Gasteiger partial charge >= 0.3 is 5.97 Å². The van der Waals surface area contributed by atoms with Gasteiger partial charge in [-0.2, -0.15) is 0 Å². The van der Waals surface area contributed by atoms with E-state index in [0.29, 0.717) is 22.0 Å². The van der Waals surface area contributed by atoms with E-state index in [1.54, 1.807) is 18.2 Å². The molecule has 1 N–H and O–H groups in total. The number of rotatable bonds is 8. The number of para-hydroxylation sites is 1. The highest BCUT2D eigenvalue weighted by atomic mass is 32.2. The minimum atomic E-state index is -0.401. The third-order valence-electron chi connectivity index (χ3n) is 4.64. The number of nitrogens with zero attached hydrogens (tertiary/aromatic N) is 2. The Morgan fingerprint density at radius 3 is 2.81 bits per heavy atom. The van der Waals surface area contributed by atoms with Crippen LogP contribution in [-0.4, -0.2) is 40.3 Å². The van der Waals surface area contributed by atoms with Crippen molar-refractivity contribution >= 4 is 34.5 Å². The van der Waals surface area contributed by atoms with Crippen molar-refractivity contribution in [2.24, 2.45) is 5.92 Å². The quantitative estimate of drug-likeness (QED) is 0.422. The van der Waals surface area contributed by atoms with Crippen LogP contribution >= 0.6 is 11.8 Å². The number of carbonyl (C=O) groups is 2. The monoisotopic (exact) mass is 389 g/mol. The molecule has 1 atom stereocenters. The standard InChI is InChI=1S/C19H23N3O4S/c1-12(13-7-8-13)20-16(23)11-27-19-21-15-6-4-3-5-14(15)18(25)22(19)10-9-17(24)26-2/h3-6,12-13H,7-11H2,1-2H3,(H,20,23)/t12-/m1/s1. The summed E-state index contributed by atoms with van der Waals surface area (Å²) in [7, 11) is 1.31. The van der Waals surface area contributed by atoms with Gasteiger partial charge in [0.05, 0.1) is 30.2 Å². The fourth-order valence-electron chi connectivity index (χ4n) is 2.90. The molecule has 0 bridgehead atoms. The van der Waals surface area contributed by atoms with Crippen LogP contribution in [0.15, 0.2) is 34.2 Å². The summed E-state index contributed by atoms with van der Waals surface area (Å²) < 4.78 is 6.11. The van der Waals surface area contributed by atoms with E-state index in [1.165, 1.54) is 23.4 Å². The summed E-state index contributed by atoms with van der Waals surface area (Å²) >= 11 is 1.21. The summed E-state index contributed by atoms with van der Waals surface area (Å²) in [6, 6.07) is 7.23. The summed E-state index contributed by atoms with van der Waals surface area (Å²) in [5.41, 5.74) is 0.352. The molecule has 0 saturated heterocycles. The molecule has 1 aromatic carbocycles. The first-order valence-corrected chi connectivity index (χ1v) is 9.96. The fraction of sp³-hybridized carbons (Fsp3) is 0.474. The molecule has 7 nitrogen and oxygen atoms in total. The number of methoxy groups -OCH3 is 1. The summed E-state index contributed by atoms with van der Waals surface area (Å²) in [6.07, 6.45) is 2.39. The van der Waals surface area contributed by atoms with Gasteiger partial charge in [0.1, 0.15) is 0 Å². The third kappa shape index (κ3) is 4.88. The number of benzene rings is 1. The lowest BCUT2D eigenvalue weighted by molar-refractivity contribution is -0.140. The molecule has 0 aliphatic heterocycles. The van der Waals surface area contributed by atoms with Crippen LogP contribution < -0.4 is 10.9 Å². The first kappa shape index (κ1) is 19.4. The number of fused-ring (bicyclic) bond motifs is 1. The number of nitrogens with one attached hydrogen (secondary N) is 1. The van der Waals surface area contributed by atoms with Crippen molar-refractivity contribution in [2.75, 3.05) is 12.9 Å². The average molecular weight is 389 g/mol. The van der Waals surface area contributed by atoms with Crippen LogP contribution in [0.2, 0.25) is 0 Å². The van der Waals surface area contributed by atoms with Crippen molar-refractivity contribution in [3.8, 4) is 0 Å². The predicted octanol–water partition coefficient (Wildman–Crippen LogP) is 1.97. The lowest BCUT2D eigenvalue weighted by Gasteiger charge is -2.14. The van der Waals surface area contributed by atoms with E-state index in [2.05, 4.69) is 15.0 Å². The minimum Gasteiger partial charge on any atom is -0.469 e. The zero-order valence-corrected chi connectivity index (χ0v) is 16.3. The van der Waals surface area contributed by atoms with E-state index in [9.17, 15) is 14.4 Å². The van der Waals surface area contributed by atoms with Gasteiger partial charge in [-0.15, -0.1) is 0 Å². The molecule has 1 aromatic heterocycles. The second-order valence-corrected chi connectivity index (χ2v) is 7.62. The second-order valence-electron chi connectivity index (χ2n) is 6.68. The molecule has 1 amide bonds. The Hall–Kier alpha value is -2.35. The molecule has 27 heavy (non-hydrogen) atoms. The van der Waals surface area contributed by atoms with E-state index in [1.807, 2.05) is 13.0 Å². The van der Waals surface area contributed by atoms with Crippen molar-refractivity contribution < 1.29 is 14.3 Å². The number of ether oxygens (including phenoxy) is 1. The van der Waals surface area contributed by atoms with Gasteiger partial charge in [-0.05, 0) is 37.8 Å². The van der Waals surface area contributed by atoms with Gasteiger partial charge in [-0.3, -0.25) is 19.0 Å². The highest BCUT2D eigenvalue weighted by Gasteiger charge is 2.28. The molecule has 2 aromatic rings. The molecule has 0 radical (unpaired) electrons. The number of carbonyl (C=O) groups excluding carboxylic acids is 2. The molecule has 3 rings (SSSR count). The minimum absolute atomic E-state index is 0.0644. The van der Waals surface area contributed by atoms with Gasteiger partial charge in [0.2, 0.25) is 5.91 Å². The van der Waals surface area contributed by atoms with Gasteiger partial charge in [-0.25, -0.2) is 4.98 Å². The Kier molecular flexibility index (Phi) is 6.15. The Morgan fingerprint density at radius 2 is 2.11 bits per heavy atom. The molecule has 1 aliphatic rings. The Labute approximate surface area is 161 Å². The van der Waals surface area contributed by atoms with Gasteiger partial charge in [-0.1, -0.05) is 23.9 Å². The van der Waals surface area contributed by atoms with Crippen molar-refractivity contribution in [3.63, 3.8) is 0 Å². The van der Waals surface area contributed by atoms with E-state index in [4.69, 9.17) is 0 Å². The van der Waals surface area contributed by atoms with Crippen LogP contribution in [0.3, 0.4) is 0 Å². The third-order valence-corrected chi connectivity index (χ3v) is 5.62. The van der Waals surface area contributed by atoms with Crippen LogP contribution in [0.5, 0.6) is 0 Å². The van der Waals surface area contributed by atoms with Crippen LogP contribution in [0.4, 0.5) is 0 Å². The molecular formula is C19H23N3O4S. The van der Waals surface area contributed by atoms with Gasteiger partial charge in [0, 0.05) is 12.6 Å². The summed E-state index contributed by atoms with van der Waals surface area (Å²) in [5.74, 6) is 0.263. The summed E-state index contributed by atoms with van der Waals surface area (Å²) in [6.45, 7) is 2.17. The Balaban J connectivity index is 1.79. The smallest absolute Gasteiger partial charge is 0.307 e. The number of thioether (sulfide) groups is 1. The Morgan fingerprint density at radius 1 is 1.37 bits per heavy atom. The van der Waals surface area contributed by atoms with Gasteiger partial charge in [0.15, 0.2) is 5.16 Å². The Bertz CT molecular complexity index is 907. The first-order valence-electron chi connectivity index (χ1n) is 8.98. The second kappa shape index (κ2) is 8.56. The fourth-order valence-corrected chi connectivity index (χ4v) is 3.74. The number of aromatic nitrogens is 2. The maximum absolute atomic E-state index is 12.8. The summed E-state index contributed by atoms with van der Waals surface area (Å²) in [4.78, 5) is 41.1. The largest absolute Gasteiger partial charge is 0.469 e. The predicted molar refractivity (Wildman–Crippen MR) is 104 cm³/mol. The zero-order chi connectivity index (χ0) is 19.4. The SMILES string of the molecule is COC(=O)CCn1c(SCC(=O)N[C@H](C)C2CC2)nc2ccccc2c1=O. The highest BCUT2D eigenvalue weighted by Crippen LogP contribution is 2.32. The van der Waals surface area contributed by atoms with Crippen LogP contribution in [0.1, 0.15) is 26.2 Å². The van der Waals surface area contributed by atoms with Crippen LogP contribution in [0.25, 0.3) is 10.9 Å². The van der Waals surface area contributed by atoms with E-state index < -0.39 is 5.97 Å². The van der Waals surface area contributed by atoms with Crippen molar-refractivity contribution in [1.82, 2.24) is 14.9 Å².